The van der Waals surface area contributed by atoms with E-state index in [1.807, 2.05) is 0 Å². The van der Waals surface area contributed by atoms with E-state index in [0.717, 1.165) is 58.0 Å². The van der Waals surface area contributed by atoms with E-state index < -0.39 is 198 Å². The van der Waals surface area contributed by atoms with Gasteiger partial charge in [-0.05, 0) is 104 Å². The van der Waals surface area contributed by atoms with Crippen molar-refractivity contribution in [3.8, 4) is 0 Å². The Hall–Kier alpha value is -1.12. The quantitative estimate of drug-likeness (QED) is 0.0682. The van der Waals surface area contributed by atoms with Crippen LogP contribution in [0.5, 0.6) is 0 Å². The fraction of sp³-hybridized carbons (Fsp3) is 1.00. The highest BCUT2D eigenvalue weighted by Gasteiger charge is 2.70. The Labute approximate surface area is 492 Å². The average Bonchev–Trinajstić information content (AvgIpc) is 1.76. The van der Waals surface area contributed by atoms with Crippen molar-refractivity contribution in [2.24, 2.45) is 52.3 Å². The highest BCUT2D eigenvalue weighted by atomic mass is 16.8. The van der Waals surface area contributed by atoms with Crippen molar-refractivity contribution in [1.82, 2.24) is 0 Å². The smallest absolute Gasteiger partial charge is 0.187 e. The second-order valence-electron chi connectivity index (χ2n) is 27.1. The number of ether oxygens (including phenoxy) is 12. The number of aliphatic hydroxyl groups excluding tert-OH is 16. The molecule has 16 N–H and O–H groups in total. The zero-order chi connectivity index (χ0) is 60.9. The highest BCUT2D eigenvalue weighted by molar-refractivity contribution is 5.16. The Morgan fingerprint density at radius 2 is 0.894 bits per heavy atom. The van der Waals surface area contributed by atoms with Crippen molar-refractivity contribution in [3.05, 3.63) is 0 Å². The maximum Gasteiger partial charge on any atom is 0.187 e. The molecule has 4 aliphatic carbocycles. The van der Waals surface area contributed by atoms with Crippen LogP contribution in [0.3, 0.4) is 0 Å². The zero-order valence-electron chi connectivity index (χ0n) is 48.5. The third-order valence-electron chi connectivity index (χ3n) is 22.5. The molecule has 28 heteroatoms. The summed E-state index contributed by atoms with van der Waals surface area (Å²) in [6.07, 6.45) is -38.2. The minimum absolute atomic E-state index is 0.0326. The second kappa shape index (κ2) is 25.8. The van der Waals surface area contributed by atoms with E-state index >= 15 is 0 Å². The molecule has 0 aromatic heterocycles. The van der Waals surface area contributed by atoms with Crippen molar-refractivity contribution in [2.75, 3.05) is 39.6 Å². The molecule has 37 atom stereocenters. The van der Waals surface area contributed by atoms with Crippen LogP contribution in [-0.4, -0.2) is 293 Å². The zero-order valence-corrected chi connectivity index (χ0v) is 48.5. The first-order valence-electron chi connectivity index (χ1n) is 30.9. The number of aliphatic hydroxyl groups is 16. The third kappa shape index (κ3) is 11.5. The molecule has 28 nitrogen and oxygen atoms in total. The summed E-state index contributed by atoms with van der Waals surface area (Å²) in [6, 6.07) is 0. The van der Waals surface area contributed by atoms with Crippen LogP contribution in [0.2, 0.25) is 0 Å². The molecule has 0 amide bonds. The number of hydrogen-bond acceptors (Lipinski definition) is 28. The Kier molecular flexibility index (Phi) is 19.8. The molecule has 4 saturated carbocycles. The molecule has 11 fully saturated rings. The molecule has 85 heavy (non-hydrogen) atoms. The van der Waals surface area contributed by atoms with Crippen LogP contribution in [0.25, 0.3) is 0 Å². The van der Waals surface area contributed by atoms with Crippen LogP contribution in [0.1, 0.15) is 91.9 Å². The molecule has 11 rings (SSSR count). The molecule has 490 valence electrons. The van der Waals surface area contributed by atoms with Crippen molar-refractivity contribution in [2.45, 2.75) is 263 Å². The number of rotatable bonds is 15. The number of hydrogen-bond donors (Lipinski definition) is 16. The molecule has 0 aromatic rings. The lowest BCUT2D eigenvalue weighted by molar-refractivity contribution is -0.416. The Bertz CT molecular complexity index is 2200. The summed E-state index contributed by atoms with van der Waals surface area (Å²) in [5.41, 5.74) is 0.192. The van der Waals surface area contributed by atoms with Gasteiger partial charge in [0.1, 0.15) is 122 Å². The van der Waals surface area contributed by atoms with E-state index in [-0.39, 0.29) is 16.9 Å². The monoisotopic (exact) mass is 1230 g/mol. The van der Waals surface area contributed by atoms with Crippen LogP contribution in [0.15, 0.2) is 0 Å². The van der Waals surface area contributed by atoms with Gasteiger partial charge in [-0.2, -0.15) is 0 Å². The largest absolute Gasteiger partial charge is 0.394 e. The SMILES string of the molecule is CC1CCC2(OC1)OC1CC3C4CCC5CC(OC6OC(CO)C(OC7OC(CO)C(O)C(OC8OC(CO)C(O)C(O)C8O)C7OC7OC(CO)C(O)C(O)C7OC7OC(CO)C(O)C(O)C7O)C(O)C6O)CCC5(C)C4CCC3(C)C1C2C. The topological polar surface area (TPSA) is 434 Å². The summed E-state index contributed by atoms with van der Waals surface area (Å²) < 4.78 is 74.1. The van der Waals surface area contributed by atoms with E-state index in [1.54, 1.807) is 0 Å². The Morgan fingerprint density at radius 3 is 1.48 bits per heavy atom. The summed E-state index contributed by atoms with van der Waals surface area (Å²) in [6.45, 7) is 5.64. The van der Waals surface area contributed by atoms with Crippen molar-refractivity contribution in [3.63, 3.8) is 0 Å². The van der Waals surface area contributed by atoms with E-state index in [1.165, 1.54) is 0 Å². The van der Waals surface area contributed by atoms with E-state index in [4.69, 9.17) is 56.8 Å². The standard InChI is InChI=1S/C57H94O28/c1-21-7-12-57(74-20-21)22(2)34-28(85-57)14-27-25-6-5-23-13-24(8-10-55(23,3)26(25)9-11-56(27,34)4)75-50-45(73)42(70)46(33(19-62)80-50)81-54-49(47(38(66)32(18-61)79-54)82-51-43(71)39(67)35(63)29(15-58)76-51)84-53-48(41(69)37(65)31(17-60)78-53)83-52-44(72)40(68)36(64)30(16-59)77-52/h21-54,58-73H,5-20H2,1-4H3. The first kappa shape index (κ1) is 65.4. The fourth-order valence-electron chi connectivity index (χ4n) is 17.6. The summed E-state index contributed by atoms with van der Waals surface area (Å²) >= 11 is 0. The summed E-state index contributed by atoms with van der Waals surface area (Å²) in [5, 5.41) is 175. The predicted octanol–water partition coefficient (Wildman–Crippen LogP) is -5.09. The molecule has 7 heterocycles. The van der Waals surface area contributed by atoms with Crippen molar-refractivity contribution >= 4 is 0 Å². The molecule has 0 radical (unpaired) electrons. The van der Waals surface area contributed by atoms with Crippen LogP contribution < -0.4 is 0 Å². The van der Waals surface area contributed by atoms with Gasteiger partial charge in [0.2, 0.25) is 0 Å². The number of fused-ring (bicyclic) bond motifs is 7. The highest BCUT2D eigenvalue weighted by Crippen LogP contribution is 2.71. The van der Waals surface area contributed by atoms with Crippen LogP contribution in [-0.2, 0) is 56.8 Å². The molecule has 1 spiro atoms. The van der Waals surface area contributed by atoms with Crippen molar-refractivity contribution in [1.29, 1.82) is 0 Å². The lowest BCUT2D eigenvalue weighted by atomic mass is 9.44. The maximum absolute atomic E-state index is 12.1. The second-order valence-corrected chi connectivity index (χ2v) is 27.1. The van der Waals surface area contributed by atoms with Gasteiger partial charge in [0.25, 0.3) is 0 Å². The first-order valence-corrected chi connectivity index (χ1v) is 30.9. The fourth-order valence-corrected chi connectivity index (χ4v) is 17.6. The molecule has 11 aliphatic rings. The van der Waals surface area contributed by atoms with Crippen LogP contribution in [0.4, 0.5) is 0 Å². The van der Waals surface area contributed by atoms with Gasteiger partial charge >= 0.3 is 0 Å². The van der Waals surface area contributed by atoms with E-state index in [0.29, 0.717) is 54.3 Å². The predicted molar refractivity (Wildman–Crippen MR) is 281 cm³/mol. The Morgan fingerprint density at radius 1 is 0.412 bits per heavy atom. The summed E-state index contributed by atoms with van der Waals surface area (Å²) in [4.78, 5) is 0. The molecular weight excluding hydrogens is 1130 g/mol. The molecule has 0 aromatic carbocycles. The van der Waals surface area contributed by atoms with Gasteiger partial charge in [-0.1, -0.05) is 27.7 Å². The minimum atomic E-state index is -2.14. The van der Waals surface area contributed by atoms with Gasteiger partial charge in [-0.15, -0.1) is 0 Å². The Balaban J connectivity index is 0.805. The average molecular weight is 1230 g/mol. The van der Waals surface area contributed by atoms with Crippen LogP contribution >= 0.6 is 0 Å². The first-order chi connectivity index (χ1) is 40.4. The molecular formula is C57H94O28. The van der Waals surface area contributed by atoms with Gasteiger partial charge < -0.3 is 139 Å². The van der Waals surface area contributed by atoms with Gasteiger partial charge in [-0.3, -0.25) is 0 Å². The van der Waals surface area contributed by atoms with Gasteiger partial charge in [0.05, 0.1) is 51.8 Å². The minimum Gasteiger partial charge on any atom is -0.394 e. The summed E-state index contributed by atoms with van der Waals surface area (Å²) in [7, 11) is 0. The lowest BCUT2D eigenvalue weighted by Crippen LogP contribution is -2.69. The maximum atomic E-state index is 12.1. The normalized spacial score (nSPS) is 57.2. The van der Waals surface area contributed by atoms with Gasteiger partial charge in [-0.25, -0.2) is 0 Å². The molecule has 0 bridgehead atoms. The van der Waals surface area contributed by atoms with Gasteiger partial charge in [0, 0.05) is 12.3 Å². The van der Waals surface area contributed by atoms with Gasteiger partial charge in [0.15, 0.2) is 37.2 Å². The summed E-state index contributed by atoms with van der Waals surface area (Å²) in [5.74, 6) is 2.74. The molecule has 37 unspecified atom stereocenters. The third-order valence-corrected chi connectivity index (χ3v) is 22.5. The lowest BCUT2D eigenvalue weighted by Gasteiger charge is -2.61. The molecule has 7 saturated heterocycles. The molecule has 7 aliphatic heterocycles. The van der Waals surface area contributed by atoms with Crippen molar-refractivity contribution < 1.29 is 139 Å². The van der Waals surface area contributed by atoms with E-state index in [2.05, 4.69) is 27.7 Å². The van der Waals surface area contributed by atoms with E-state index in [9.17, 15) is 81.7 Å². The van der Waals surface area contributed by atoms with Crippen LogP contribution in [0, 0.1) is 52.3 Å².